The number of carboxylic acid groups (broad SMARTS) is 1. The molecule has 2 aromatic rings. The van der Waals surface area contributed by atoms with Gasteiger partial charge in [0.15, 0.2) is 10.9 Å². The number of hydrogen-bond donors (Lipinski definition) is 1. The van der Waals surface area contributed by atoms with Gasteiger partial charge in [-0.3, -0.25) is 24.0 Å². The predicted octanol–water partition coefficient (Wildman–Crippen LogP) is 2.08. The number of nitrogens with zero attached hydrogens (tertiary/aromatic N) is 4. The zero-order valence-electron chi connectivity index (χ0n) is 15.5. The molecular weight excluding hydrogens is 380 g/mol. The molecule has 0 unspecified atom stereocenters. The van der Waals surface area contributed by atoms with E-state index < -0.39 is 11.2 Å². The summed E-state index contributed by atoms with van der Waals surface area (Å²) in [5, 5.41) is 8.58. The van der Waals surface area contributed by atoms with Gasteiger partial charge < -0.3 is 5.11 Å². The van der Waals surface area contributed by atoms with E-state index >= 15 is 0 Å². The standard InChI is InChI=1S/C19H20N4O4S/c1-4-10-22-17(26)14(11-15(24)25)28-19(22)20-16-12(2)21(3)23(18(16)27)13-8-6-5-7-9-13/h4-9,14H,1,10-11H2,2-3H3,(H,24,25)/t14-/m0/s1. The van der Waals surface area contributed by atoms with E-state index in [-0.39, 0.29) is 30.1 Å². The first kappa shape index (κ1) is 19.7. The van der Waals surface area contributed by atoms with Crippen molar-refractivity contribution in [3.63, 3.8) is 0 Å². The third-order valence-electron chi connectivity index (χ3n) is 4.42. The van der Waals surface area contributed by atoms with Crippen LogP contribution in [0.2, 0.25) is 0 Å². The number of benzene rings is 1. The van der Waals surface area contributed by atoms with Gasteiger partial charge in [0.2, 0.25) is 5.91 Å². The van der Waals surface area contributed by atoms with Crippen molar-refractivity contribution >= 4 is 34.5 Å². The molecule has 1 aliphatic rings. The second-order valence-corrected chi connectivity index (χ2v) is 7.42. The Morgan fingerprint density at radius 3 is 2.61 bits per heavy atom. The molecule has 1 saturated heterocycles. The van der Waals surface area contributed by atoms with E-state index in [9.17, 15) is 14.4 Å². The highest BCUT2D eigenvalue weighted by molar-refractivity contribution is 8.15. The number of carboxylic acids is 1. The highest BCUT2D eigenvalue weighted by atomic mass is 32.2. The molecule has 0 saturated carbocycles. The van der Waals surface area contributed by atoms with Crippen LogP contribution < -0.4 is 5.56 Å². The van der Waals surface area contributed by atoms with E-state index in [4.69, 9.17) is 5.11 Å². The van der Waals surface area contributed by atoms with Gasteiger partial charge in [-0.15, -0.1) is 6.58 Å². The van der Waals surface area contributed by atoms with Gasteiger partial charge in [0.1, 0.15) is 5.25 Å². The summed E-state index contributed by atoms with van der Waals surface area (Å²) in [5.74, 6) is -1.41. The smallest absolute Gasteiger partial charge is 0.305 e. The average molecular weight is 400 g/mol. The van der Waals surface area contributed by atoms with Gasteiger partial charge in [-0.2, -0.15) is 0 Å². The van der Waals surface area contributed by atoms with Crippen LogP contribution in [0, 0.1) is 6.92 Å². The maximum Gasteiger partial charge on any atom is 0.305 e. The monoisotopic (exact) mass is 400 g/mol. The Morgan fingerprint density at radius 1 is 1.32 bits per heavy atom. The summed E-state index contributed by atoms with van der Waals surface area (Å²) in [7, 11) is 1.76. The van der Waals surface area contributed by atoms with Crippen LogP contribution in [0.5, 0.6) is 0 Å². The van der Waals surface area contributed by atoms with Crippen LogP contribution in [0.1, 0.15) is 12.1 Å². The average Bonchev–Trinajstić information content (AvgIpc) is 3.05. The molecule has 0 spiro atoms. The summed E-state index contributed by atoms with van der Waals surface area (Å²) in [6, 6.07) is 9.17. The molecule has 28 heavy (non-hydrogen) atoms. The van der Waals surface area contributed by atoms with Gasteiger partial charge >= 0.3 is 5.97 Å². The normalized spacial score (nSPS) is 18.1. The number of aliphatic imine (C=N–C) groups is 1. The molecule has 2 heterocycles. The molecule has 8 nitrogen and oxygen atoms in total. The fourth-order valence-corrected chi connectivity index (χ4v) is 4.10. The minimum atomic E-state index is -1.06. The SMILES string of the molecule is C=CCN1C(=O)[C@H](CC(=O)O)SC1=Nc1c(C)n(C)n(-c2ccccc2)c1=O. The summed E-state index contributed by atoms with van der Waals surface area (Å²) >= 11 is 1.06. The largest absolute Gasteiger partial charge is 0.481 e. The first-order chi connectivity index (χ1) is 13.3. The van der Waals surface area contributed by atoms with Crippen LogP contribution in [-0.4, -0.2) is 48.2 Å². The minimum absolute atomic E-state index is 0.194. The van der Waals surface area contributed by atoms with Gasteiger partial charge in [-0.25, -0.2) is 9.67 Å². The molecule has 0 bridgehead atoms. The lowest BCUT2D eigenvalue weighted by molar-refractivity contribution is -0.139. The Kier molecular flexibility index (Phi) is 5.55. The molecule has 1 N–H and O–H groups in total. The first-order valence-electron chi connectivity index (χ1n) is 8.58. The molecule has 146 valence electrons. The van der Waals surface area contributed by atoms with E-state index in [1.54, 1.807) is 18.7 Å². The molecule has 1 atom stereocenters. The van der Waals surface area contributed by atoms with E-state index in [2.05, 4.69) is 11.6 Å². The van der Waals surface area contributed by atoms with Crippen molar-refractivity contribution in [1.29, 1.82) is 0 Å². The number of carbonyl (C=O) groups excluding carboxylic acids is 1. The van der Waals surface area contributed by atoms with Crippen LogP contribution in [0.4, 0.5) is 5.69 Å². The van der Waals surface area contributed by atoms with Crippen molar-refractivity contribution in [2.24, 2.45) is 12.0 Å². The number of aliphatic carboxylic acids is 1. The highest BCUT2D eigenvalue weighted by Gasteiger charge is 2.39. The Balaban J connectivity index is 2.07. The third-order valence-corrected chi connectivity index (χ3v) is 5.60. The second-order valence-electron chi connectivity index (χ2n) is 6.25. The van der Waals surface area contributed by atoms with Gasteiger partial charge in [-0.05, 0) is 19.1 Å². The lowest BCUT2D eigenvalue weighted by Gasteiger charge is -2.13. The van der Waals surface area contributed by atoms with Gasteiger partial charge in [0, 0.05) is 13.6 Å². The van der Waals surface area contributed by atoms with Crippen molar-refractivity contribution in [2.75, 3.05) is 6.54 Å². The van der Waals surface area contributed by atoms with Gasteiger partial charge in [0.05, 0.1) is 17.8 Å². The Bertz CT molecular complexity index is 1020. The van der Waals surface area contributed by atoms with Crippen molar-refractivity contribution in [2.45, 2.75) is 18.6 Å². The van der Waals surface area contributed by atoms with Crippen LogP contribution in [0.25, 0.3) is 5.69 Å². The molecule has 9 heteroatoms. The van der Waals surface area contributed by atoms with Crippen LogP contribution in [0.3, 0.4) is 0 Å². The van der Waals surface area contributed by atoms with E-state index in [0.29, 0.717) is 16.5 Å². The molecule has 1 aromatic heterocycles. The van der Waals surface area contributed by atoms with E-state index in [1.807, 2.05) is 30.3 Å². The van der Waals surface area contributed by atoms with Crippen LogP contribution in [0.15, 0.2) is 52.8 Å². The predicted molar refractivity (Wildman–Crippen MR) is 108 cm³/mol. The summed E-state index contributed by atoms with van der Waals surface area (Å²) in [6.07, 6.45) is 1.23. The van der Waals surface area contributed by atoms with Crippen molar-refractivity contribution in [1.82, 2.24) is 14.3 Å². The van der Waals surface area contributed by atoms with Crippen LogP contribution in [-0.2, 0) is 16.6 Å². The lowest BCUT2D eigenvalue weighted by atomic mass is 10.3. The minimum Gasteiger partial charge on any atom is -0.481 e. The summed E-state index contributed by atoms with van der Waals surface area (Å²) in [4.78, 5) is 42.4. The third kappa shape index (κ3) is 3.53. The van der Waals surface area contributed by atoms with Crippen molar-refractivity contribution < 1.29 is 14.7 Å². The molecule has 0 aliphatic carbocycles. The number of amidine groups is 1. The number of rotatable bonds is 6. The molecular formula is C19H20N4O4S. The molecule has 1 aliphatic heterocycles. The molecule has 1 amide bonds. The number of thioether (sulfide) groups is 1. The van der Waals surface area contributed by atoms with Crippen molar-refractivity contribution in [3.05, 3.63) is 59.0 Å². The fourth-order valence-electron chi connectivity index (χ4n) is 2.96. The summed E-state index contributed by atoms with van der Waals surface area (Å²) in [5.41, 5.74) is 1.24. The lowest BCUT2D eigenvalue weighted by Crippen LogP contribution is -2.33. The van der Waals surface area contributed by atoms with Gasteiger partial charge in [-0.1, -0.05) is 36.0 Å². The zero-order chi connectivity index (χ0) is 20.4. The highest BCUT2D eigenvalue weighted by Crippen LogP contribution is 2.31. The Hall–Kier alpha value is -3.07. The number of amides is 1. The number of carbonyl (C=O) groups is 2. The molecule has 3 rings (SSSR count). The Labute approximate surface area is 165 Å². The summed E-state index contributed by atoms with van der Waals surface area (Å²) in [6.45, 7) is 5.60. The molecule has 1 aromatic carbocycles. The van der Waals surface area contributed by atoms with Crippen molar-refractivity contribution in [3.8, 4) is 5.69 Å². The maximum atomic E-state index is 13.0. The topological polar surface area (TPSA) is 96.9 Å². The number of hydrogen-bond acceptors (Lipinski definition) is 5. The van der Waals surface area contributed by atoms with E-state index in [0.717, 1.165) is 11.8 Å². The molecule has 0 radical (unpaired) electrons. The summed E-state index contributed by atoms with van der Waals surface area (Å²) < 4.78 is 3.20. The fraction of sp³-hybridized carbons (Fsp3) is 0.263. The maximum absolute atomic E-state index is 13.0. The quantitative estimate of drug-likeness (QED) is 0.749. The molecule has 1 fully saturated rings. The zero-order valence-corrected chi connectivity index (χ0v) is 16.3. The number of aromatic nitrogens is 2. The van der Waals surface area contributed by atoms with Gasteiger partial charge in [0.25, 0.3) is 5.56 Å². The Morgan fingerprint density at radius 2 is 2.00 bits per heavy atom. The number of para-hydroxylation sites is 1. The van der Waals surface area contributed by atoms with Crippen LogP contribution >= 0.6 is 11.8 Å². The van der Waals surface area contributed by atoms with E-state index in [1.165, 1.54) is 15.7 Å². The first-order valence-corrected chi connectivity index (χ1v) is 9.46. The second kappa shape index (κ2) is 7.89.